The standard InChI is InChI=1S/C11H19N3O2S2/c1-11(2,17-3)7-14-9-4-8(12)5-10(6-9)18(13,15)16/h4-6,14H,7,12H2,1-3H3,(H2,13,15,16). The maximum Gasteiger partial charge on any atom is 0.238 e. The summed E-state index contributed by atoms with van der Waals surface area (Å²) in [5, 5.41) is 8.26. The van der Waals surface area contributed by atoms with E-state index in [9.17, 15) is 8.42 Å². The molecule has 7 heteroatoms. The molecule has 102 valence electrons. The van der Waals surface area contributed by atoms with Crippen molar-refractivity contribution in [2.24, 2.45) is 5.14 Å². The molecule has 0 saturated carbocycles. The Balaban J connectivity index is 2.95. The molecule has 1 aromatic rings. The zero-order valence-electron chi connectivity index (χ0n) is 10.7. The molecular weight excluding hydrogens is 270 g/mol. The summed E-state index contributed by atoms with van der Waals surface area (Å²) in [6.45, 7) is 4.89. The van der Waals surface area contributed by atoms with E-state index in [1.807, 2.05) is 6.26 Å². The third kappa shape index (κ3) is 4.40. The molecule has 0 heterocycles. The van der Waals surface area contributed by atoms with Crippen LogP contribution in [0.1, 0.15) is 13.8 Å². The Kier molecular flexibility index (Phi) is 4.52. The van der Waals surface area contributed by atoms with E-state index in [1.54, 1.807) is 17.8 Å². The van der Waals surface area contributed by atoms with E-state index in [0.29, 0.717) is 17.9 Å². The first-order chi connectivity index (χ1) is 8.14. The average molecular weight is 289 g/mol. The van der Waals surface area contributed by atoms with Crippen molar-refractivity contribution in [1.29, 1.82) is 0 Å². The fourth-order valence-electron chi connectivity index (χ4n) is 1.28. The summed E-state index contributed by atoms with van der Waals surface area (Å²) in [5.41, 5.74) is 6.68. The minimum absolute atomic E-state index is 0.0203. The molecule has 5 N–H and O–H groups in total. The molecule has 0 unspecified atom stereocenters. The van der Waals surface area contributed by atoms with Crippen LogP contribution in [0.3, 0.4) is 0 Å². The van der Waals surface area contributed by atoms with Gasteiger partial charge >= 0.3 is 0 Å². The van der Waals surface area contributed by atoms with Crippen molar-refractivity contribution < 1.29 is 8.42 Å². The molecule has 0 saturated heterocycles. The molecule has 0 fully saturated rings. The minimum Gasteiger partial charge on any atom is -0.399 e. The van der Waals surface area contributed by atoms with E-state index < -0.39 is 10.0 Å². The van der Waals surface area contributed by atoms with E-state index in [-0.39, 0.29) is 9.64 Å². The van der Waals surface area contributed by atoms with Crippen molar-refractivity contribution >= 4 is 33.2 Å². The zero-order valence-corrected chi connectivity index (χ0v) is 12.4. The van der Waals surface area contributed by atoms with Crippen molar-refractivity contribution in [3.63, 3.8) is 0 Å². The van der Waals surface area contributed by atoms with Gasteiger partial charge in [-0.25, -0.2) is 13.6 Å². The first-order valence-electron chi connectivity index (χ1n) is 5.36. The minimum atomic E-state index is -3.73. The molecular formula is C11H19N3O2S2. The number of nitrogens with two attached hydrogens (primary N) is 2. The maximum atomic E-state index is 11.3. The molecule has 0 spiro atoms. The summed E-state index contributed by atoms with van der Waals surface area (Å²) in [4.78, 5) is 0.0203. The van der Waals surface area contributed by atoms with E-state index in [2.05, 4.69) is 19.2 Å². The highest BCUT2D eigenvalue weighted by atomic mass is 32.2. The molecule has 0 bridgehead atoms. The highest BCUT2D eigenvalue weighted by Crippen LogP contribution is 2.24. The van der Waals surface area contributed by atoms with Gasteiger partial charge in [0.15, 0.2) is 0 Å². The average Bonchev–Trinajstić information content (AvgIpc) is 2.25. The molecule has 0 aromatic heterocycles. The summed E-state index contributed by atoms with van der Waals surface area (Å²) in [6.07, 6.45) is 2.02. The summed E-state index contributed by atoms with van der Waals surface area (Å²) in [6, 6.07) is 4.52. The first kappa shape index (κ1) is 15.1. The number of rotatable bonds is 5. The lowest BCUT2D eigenvalue weighted by Crippen LogP contribution is -2.26. The zero-order chi connectivity index (χ0) is 14.0. The van der Waals surface area contributed by atoms with Crippen LogP contribution in [0.5, 0.6) is 0 Å². The number of nitrogens with one attached hydrogen (secondary N) is 1. The fraction of sp³-hybridized carbons (Fsp3) is 0.455. The Labute approximate surface area is 112 Å². The van der Waals surface area contributed by atoms with Gasteiger partial charge in [0.2, 0.25) is 10.0 Å². The second kappa shape index (κ2) is 5.38. The number of primary sulfonamides is 1. The second-order valence-corrected chi connectivity index (χ2v) is 7.73. The van der Waals surface area contributed by atoms with E-state index in [0.717, 1.165) is 0 Å². The Morgan fingerprint density at radius 1 is 1.33 bits per heavy atom. The Hall–Kier alpha value is -0.920. The van der Waals surface area contributed by atoms with Crippen LogP contribution >= 0.6 is 11.8 Å². The number of sulfonamides is 1. The lowest BCUT2D eigenvalue weighted by atomic mass is 10.2. The summed E-state index contributed by atoms with van der Waals surface area (Å²) in [5.74, 6) is 0. The van der Waals surface area contributed by atoms with Crippen molar-refractivity contribution in [3.8, 4) is 0 Å². The first-order valence-corrected chi connectivity index (χ1v) is 8.13. The molecule has 0 aliphatic heterocycles. The van der Waals surface area contributed by atoms with Crippen molar-refractivity contribution in [2.75, 3.05) is 23.9 Å². The number of anilines is 2. The van der Waals surface area contributed by atoms with Crippen LogP contribution in [0, 0.1) is 0 Å². The predicted molar refractivity (Wildman–Crippen MR) is 78.3 cm³/mol. The van der Waals surface area contributed by atoms with Crippen molar-refractivity contribution in [3.05, 3.63) is 18.2 Å². The number of nitrogen functional groups attached to an aromatic ring is 1. The Morgan fingerprint density at radius 2 is 1.94 bits per heavy atom. The Morgan fingerprint density at radius 3 is 2.44 bits per heavy atom. The lowest BCUT2D eigenvalue weighted by molar-refractivity contribution is 0.598. The van der Waals surface area contributed by atoms with Gasteiger partial charge in [0.25, 0.3) is 0 Å². The molecule has 0 aliphatic carbocycles. The smallest absolute Gasteiger partial charge is 0.238 e. The second-order valence-electron chi connectivity index (χ2n) is 4.65. The van der Waals surface area contributed by atoms with E-state index in [4.69, 9.17) is 10.9 Å². The third-order valence-electron chi connectivity index (χ3n) is 2.53. The van der Waals surface area contributed by atoms with Gasteiger partial charge in [0.05, 0.1) is 4.90 Å². The van der Waals surface area contributed by atoms with E-state index >= 15 is 0 Å². The van der Waals surface area contributed by atoms with Gasteiger partial charge in [0, 0.05) is 22.7 Å². The number of hydrogen-bond acceptors (Lipinski definition) is 5. The molecule has 1 rings (SSSR count). The van der Waals surface area contributed by atoms with Gasteiger partial charge in [-0.1, -0.05) is 0 Å². The van der Waals surface area contributed by atoms with Gasteiger partial charge in [0.1, 0.15) is 0 Å². The molecule has 1 aromatic carbocycles. The number of thioether (sulfide) groups is 1. The van der Waals surface area contributed by atoms with Gasteiger partial charge < -0.3 is 11.1 Å². The maximum absolute atomic E-state index is 11.3. The summed E-state index contributed by atoms with van der Waals surface area (Å²) < 4.78 is 22.6. The van der Waals surface area contributed by atoms with Crippen molar-refractivity contribution in [1.82, 2.24) is 0 Å². The number of hydrogen-bond donors (Lipinski definition) is 3. The third-order valence-corrected chi connectivity index (χ3v) is 4.67. The van der Waals surface area contributed by atoms with Crippen LogP contribution in [-0.4, -0.2) is 26.0 Å². The lowest BCUT2D eigenvalue weighted by Gasteiger charge is -2.23. The molecule has 5 nitrogen and oxygen atoms in total. The molecule has 0 amide bonds. The highest BCUT2D eigenvalue weighted by molar-refractivity contribution is 7.99. The van der Waals surface area contributed by atoms with Gasteiger partial charge in [-0.2, -0.15) is 11.8 Å². The quantitative estimate of drug-likeness (QED) is 0.713. The topological polar surface area (TPSA) is 98.2 Å². The fourth-order valence-corrected chi connectivity index (χ4v) is 2.08. The highest BCUT2D eigenvalue weighted by Gasteiger charge is 2.16. The van der Waals surface area contributed by atoms with Crippen LogP contribution in [-0.2, 0) is 10.0 Å². The molecule has 18 heavy (non-hydrogen) atoms. The molecule has 0 radical (unpaired) electrons. The van der Waals surface area contributed by atoms with E-state index in [1.165, 1.54) is 12.1 Å². The van der Waals surface area contributed by atoms with Gasteiger partial charge in [-0.05, 0) is 38.3 Å². The van der Waals surface area contributed by atoms with Crippen molar-refractivity contribution in [2.45, 2.75) is 23.5 Å². The van der Waals surface area contributed by atoms with Gasteiger partial charge in [-0.3, -0.25) is 0 Å². The van der Waals surface area contributed by atoms with Gasteiger partial charge in [-0.15, -0.1) is 0 Å². The summed E-state index contributed by atoms with van der Waals surface area (Å²) in [7, 11) is -3.73. The van der Waals surface area contributed by atoms with Crippen LogP contribution in [0.25, 0.3) is 0 Å². The van der Waals surface area contributed by atoms with Crippen LogP contribution in [0.2, 0.25) is 0 Å². The monoisotopic (exact) mass is 289 g/mol. The SMILES string of the molecule is CSC(C)(C)CNc1cc(N)cc(S(N)(=O)=O)c1. The Bertz CT molecular complexity index is 527. The number of benzene rings is 1. The van der Waals surface area contributed by atoms with Crippen LogP contribution < -0.4 is 16.2 Å². The van der Waals surface area contributed by atoms with Crippen LogP contribution in [0.15, 0.2) is 23.1 Å². The van der Waals surface area contributed by atoms with Crippen LogP contribution in [0.4, 0.5) is 11.4 Å². The predicted octanol–water partition coefficient (Wildman–Crippen LogP) is 1.47. The summed E-state index contributed by atoms with van der Waals surface area (Å²) >= 11 is 1.72. The molecule has 0 atom stereocenters. The molecule has 0 aliphatic rings. The normalized spacial score (nSPS) is 12.4. The largest absolute Gasteiger partial charge is 0.399 e.